The highest BCUT2D eigenvalue weighted by Crippen LogP contribution is 2.42. The summed E-state index contributed by atoms with van der Waals surface area (Å²) < 4.78 is 54.6. The molecule has 6 nitrogen and oxygen atoms in total. The number of nitriles is 1. The molecule has 1 N–H and O–H groups in total. The number of aromatic nitrogens is 2. The van der Waals surface area contributed by atoms with Crippen molar-refractivity contribution >= 4 is 20.9 Å². The Kier molecular flexibility index (Phi) is 5.77. The molecule has 1 aliphatic rings. The molecule has 0 unspecified atom stereocenters. The maximum Gasteiger partial charge on any atom is 0.240 e. The lowest BCUT2D eigenvalue weighted by molar-refractivity contribution is 0.324. The van der Waals surface area contributed by atoms with Crippen LogP contribution in [0.25, 0.3) is 22.2 Å². The molecule has 0 radical (unpaired) electrons. The van der Waals surface area contributed by atoms with Crippen molar-refractivity contribution in [3.63, 3.8) is 0 Å². The van der Waals surface area contributed by atoms with Gasteiger partial charge >= 0.3 is 0 Å². The number of halogens is 2. The first-order chi connectivity index (χ1) is 14.9. The number of hydrogen-bond donors (Lipinski definition) is 1. The van der Waals surface area contributed by atoms with Crippen LogP contribution in [0.5, 0.6) is 0 Å². The van der Waals surface area contributed by atoms with Crippen molar-refractivity contribution in [1.29, 1.82) is 5.26 Å². The molecule has 0 aliphatic heterocycles. The molecule has 9 heteroatoms. The number of fused-ring (bicyclic) bond motifs is 1. The summed E-state index contributed by atoms with van der Waals surface area (Å²) in [6.07, 6.45) is 4.84. The zero-order valence-corrected chi connectivity index (χ0v) is 17.8. The molecule has 2 heterocycles. The second-order valence-corrected chi connectivity index (χ2v) is 9.50. The Morgan fingerprint density at radius 1 is 1.26 bits per heavy atom. The Morgan fingerprint density at radius 2 is 1.94 bits per heavy atom. The fourth-order valence-corrected chi connectivity index (χ4v) is 5.11. The Bertz CT molecular complexity index is 1260. The van der Waals surface area contributed by atoms with Gasteiger partial charge in [0.25, 0.3) is 0 Å². The average Bonchev–Trinajstić information content (AvgIpc) is 3.04. The molecule has 1 saturated carbocycles. The number of aryl methyl sites for hydroxylation is 1. The van der Waals surface area contributed by atoms with Crippen LogP contribution < -0.4 is 4.72 Å². The van der Waals surface area contributed by atoms with Gasteiger partial charge < -0.3 is 4.57 Å². The van der Waals surface area contributed by atoms with Gasteiger partial charge in [0.15, 0.2) is 0 Å². The molecule has 162 valence electrons. The van der Waals surface area contributed by atoms with Crippen LogP contribution in [0.4, 0.5) is 8.78 Å². The van der Waals surface area contributed by atoms with Crippen LogP contribution in [0, 0.1) is 18.3 Å². The number of rotatable bonds is 7. The van der Waals surface area contributed by atoms with Crippen molar-refractivity contribution in [1.82, 2.24) is 14.3 Å². The summed E-state index contributed by atoms with van der Waals surface area (Å²) in [7, 11) is -4.06. The highest BCUT2D eigenvalue weighted by Gasteiger charge is 2.28. The van der Waals surface area contributed by atoms with Gasteiger partial charge in [-0.3, -0.25) is 4.98 Å². The van der Waals surface area contributed by atoms with E-state index in [1.54, 1.807) is 18.3 Å². The van der Waals surface area contributed by atoms with Crippen molar-refractivity contribution < 1.29 is 17.2 Å². The molecular formula is C22H22F2N4O2S. The largest absolute Gasteiger partial charge is 0.336 e. The zero-order valence-electron chi connectivity index (χ0n) is 17.0. The molecule has 0 saturated heterocycles. The Morgan fingerprint density at radius 3 is 2.48 bits per heavy atom. The van der Waals surface area contributed by atoms with Gasteiger partial charge in [-0.15, -0.1) is 0 Å². The predicted octanol–water partition coefficient (Wildman–Crippen LogP) is 4.19. The van der Waals surface area contributed by atoms with Gasteiger partial charge in [-0.25, -0.2) is 21.9 Å². The van der Waals surface area contributed by atoms with Crippen LogP contribution in [0.3, 0.4) is 0 Å². The van der Waals surface area contributed by atoms with Gasteiger partial charge in [-0.2, -0.15) is 5.26 Å². The van der Waals surface area contributed by atoms with E-state index in [1.807, 2.05) is 17.7 Å². The molecule has 2 aromatic heterocycles. The van der Waals surface area contributed by atoms with Crippen molar-refractivity contribution in [3.05, 3.63) is 47.8 Å². The van der Waals surface area contributed by atoms with E-state index >= 15 is 0 Å². The quantitative estimate of drug-likeness (QED) is 0.592. The third-order valence-corrected chi connectivity index (χ3v) is 7.25. The molecule has 0 atom stereocenters. The second-order valence-electron chi connectivity index (χ2n) is 7.78. The first-order valence-electron chi connectivity index (χ1n) is 10.0. The monoisotopic (exact) mass is 444 g/mol. The molecule has 4 rings (SSSR count). The van der Waals surface area contributed by atoms with Gasteiger partial charge in [0.05, 0.1) is 27.7 Å². The number of pyridine rings is 1. The number of sulfonamides is 1. The van der Waals surface area contributed by atoms with E-state index in [-0.39, 0.29) is 10.9 Å². The summed E-state index contributed by atoms with van der Waals surface area (Å²) in [5, 5.41) is 10.7. The van der Waals surface area contributed by atoms with E-state index in [2.05, 4.69) is 15.6 Å². The summed E-state index contributed by atoms with van der Waals surface area (Å²) >= 11 is 0. The number of nitrogens with one attached hydrogen (secondary N) is 1. The number of alkyl halides is 2. The molecular weight excluding hydrogens is 422 g/mol. The van der Waals surface area contributed by atoms with E-state index in [9.17, 15) is 22.5 Å². The lowest BCUT2D eigenvalue weighted by atomic mass is 9.92. The number of hydrogen-bond acceptors (Lipinski definition) is 4. The molecule has 0 amide bonds. The first-order valence-corrected chi connectivity index (χ1v) is 11.5. The average molecular weight is 445 g/mol. The fraction of sp³-hybridized carbons (Fsp3) is 0.364. The molecule has 31 heavy (non-hydrogen) atoms. The Labute approximate surface area is 179 Å². The van der Waals surface area contributed by atoms with Crippen LogP contribution in [-0.2, 0) is 10.0 Å². The van der Waals surface area contributed by atoms with Crippen molar-refractivity contribution in [2.45, 2.75) is 43.2 Å². The van der Waals surface area contributed by atoms with E-state index in [1.165, 1.54) is 12.1 Å². The van der Waals surface area contributed by atoms with Crippen LogP contribution >= 0.6 is 0 Å². The van der Waals surface area contributed by atoms with E-state index in [0.29, 0.717) is 11.1 Å². The van der Waals surface area contributed by atoms with Crippen LogP contribution in [0.2, 0.25) is 0 Å². The van der Waals surface area contributed by atoms with Gasteiger partial charge in [-0.1, -0.05) is 12.1 Å². The minimum absolute atomic E-state index is 0.0922. The standard InChI is InChI=1S/C22H22F2N4O2S/c1-14-9-21-20(13-26-14)19(12-25)22(28(21)17-3-2-4-17)15-5-7-18(8-6-15)31(29,30)27-16(10-23)11-24/h5-9,13,16-17,27H,2-4,10-11H2,1H3. The Hall–Kier alpha value is -2.83. The minimum Gasteiger partial charge on any atom is -0.336 e. The lowest BCUT2D eigenvalue weighted by Gasteiger charge is -2.30. The first kappa shape index (κ1) is 21.4. The SMILES string of the molecule is Cc1cc2c(cn1)c(C#N)c(-c1ccc(S(=O)(=O)NC(CF)CF)cc1)n2C1CCC1. The third-order valence-electron chi connectivity index (χ3n) is 5.71. The number of benzene rings is 1. The topological polar surface area (TPSA) is 87.8 Å². The van der Waals surface area contributed by atoms with Gasteiger partial charge in [-0.05, 0) is 49.9 Å². The predicted molar refractivity (Wildman–Crippen MR) is 114 cm³/mol. The number of nitrogens with zero attached hydrogens (tertiary/aromatic N) is 3. The van der Waals surface area contributed by atoms with E-state index in [0.717, 1.165) is 41.6 Å². The third kappa shape index (κ3) is 3.82. The maximum absolute atomic E-state index is 12.8. The molecule has 1 aliphatic carbocycles. The smallest absolute Gasteiger partial charge is 0.240 e. The van der Waals surface area contributed by atoms with Crippen molar-refractivity contribution in [3.8, 4) is 17.3 Å². The van der Waals surface area contributed by atoms with E-state index < -0.39 is 29.4 Å². The molecule has 3 aromatic rings. The maximum atomic E-state index is 12.8. The minimum atomic E-state index is -4.06. The highest BCUT2D eigenvalue weighted by molar-refractivity contribution is 7.89. The Balaban J connectivity index is 1.82. The highest BCUT2D eigenvalue weighted by atomic mass is 32.2. The van der Waals surface area contributed by atoms with Gasteiger partial charge in [0.2, 0.25) is 10.0 Å². The van der Waals surface area contributed by atoms with Gasteiger partial charge in [0, 0.05) is 23.3 Å². The molecule has 1 aromatic carbocycles. The van der Waals surface area contributed by atoms with Crippen LogP contribution in [0.1, 0.15) is 36.6 Å². The zero-order chi connectivity index (χ0) is 22.2. The summed E-state index contributed by atoms with van der Waals surface area (Å²) in [5.41, 5.74) is 3.72. The normalized spacial score (nSPS) is 14.7. The van der Waals surface area contributed by atoms with Gasteiger partial charge in [0.1, 0.15) is 19.4 Å². The van der Waals surface area contributed by atoms with Crippen LogP contribution in [0.15, 0.2) is 41.4 Å². The molecule has 0 spiro atoms. The summed E-state index contributed by atoms with van der Waals surface area (Å²) in [6, 6.07) is 9.14. The molecule has 1 fully saturated rings. The van der Waals surface area contributed by atoms with E-state index in [4.69, 9.17) is 0 Å². The molecule has 0 bridgehead atoms. The van der Waals surface area contributed by atoms with Crippen molar-refractivity contribution in [2.24, 2.45) is 0 Å². The fourth-order valence-electron chi connectivity index (χ4n) is 3.91. The van der Waals surface area contributed by atoms with Crippen LogP contribution in [-0.4, -0.2) is 37.4 Å². The summed E-state index contributed by atoms with van der Waals surface area (Å²) in [5.74, 6) is 0. The summed E-state index contributed by atoms with van der Waals surface area (Å²) in [6.45, 7) is -0.361. The van der Waals surface area contributed by atoms with Crippen molar-refractivity contribution in [2.75, 3.05) is 13.3 Å². The summed E-state index contributed by atoms with van der Waals surface area (Å²) in [4.78, 5) is 4.25. The second kappa shape index (κ2) is 8.36. The lowest BCUT2D eigenvalue weighted by Crippen LogP contribution is -2.37.